The zero-order chi connectivity index (χ0) is 19.0. The first-order valence-electron chi connectivity index (χ1n) is 8.93. The fourth-order valence-corrected chi connectivity index (χ4v) is 3.49. The van der Waals surface area contributed by atoms with Gasteiger partial charge in [-0.3, -0.25) is 14.5 Å². The summed E-state index contributed by atoms with van der Waals surface area (Å²) < 4.78 is 16.5. The Morgan fingerprint density at radius 1 is 1.11 bits per heavy atom. The number of rotatable bonds is 4. The Morgan fingerprint density at radius 2 is 1.81 bits per heavy atom. The van der Waals surface area contributed by atoms with Gasteiger partial charge in [0.15, 0.2) is 0 Å². The smallest absolute Gasteiger partial charge is 0.342 e. The van der Waals surface area contributed by atoms with Crippen molar-refractivity contribution in [2.24, 2.45) is 0 Å². The lowest BCUT2D eigenvalue weighted by Crippen LogP contribution is -2.36. The zero-order valence-electron chi connectivity index (χ0n) is 14.9. The number of morpholine rings is 1. The number of nitrogens with zero attached hydrogens (tertiary/aromatic N) is 1. The number of esters is 1. The molecule has 7 heteroatoms. The molecule has 4 rings (SSSR count). The Morgan fingerprint density at radius 3 is 2.52 bits per heavy atom. The predicted molar refractivity (Wildman–Crippen MR) is 94.9 cm³/mol. The summed E-state index contributed by atoms with van der Waals surface area (Å²) in [6, 6.07) is 6.76. The Hall–Kier alpha value is -2.77. The van der Waals surface area contributed by atoms with Crippen LogP contribution in [0.25, 0.3) is 11.3 Å². The van der Waals surface area contributed by atoms with Crippen molar-refractivity contribution >= 4 is 17.5 Å². The van der Waals surface area contributed by atoms with Crippen molar-refractivity contribution in [3.05, 3.63) is 46.7 Å². The van der Waals surface area contributed by atoms with E-state index < -0.39 is 17.5 Å². The van der Waals surface area contributed by atoms with E-state index in [1.807, 2.05) is 0 Å². The van der Waals surface area contributed by atoms with E-state index in [1.165, 1.54) is 0 Å². The molecular formula is C20H19NO6. The fourth-order valence-electron chi connectivity index (χ4n) is 3.49. The van der Waals surface area contributed by atoms with Gasteiger partial charge in [0.1, 0.15) is 17.1 Å². The Labute approximate surface area is 155 Å². The molecular weight excluding hydrogens is 350 g/mol. The van der Waals surface area contributed by atoms with E-state index >= 15 is 0 Å². The summed E-state index contributed by atoms with van der Waals surface area (Å²) in [4.78, 5) is 40.0. The molecule has 1 aliphatic heterocycles. The number of hydrogen-bond acceptors (Lipinski definition) is 7. The van der Waals surface area contributed by atoms with Gasteiger partial charge in [0.05, 0.1) is 31.9 Å². The van der Waals surface area contributed by atoms with Crippen molar-refractivity contribution in [3.8, 4) is 11.3 Å². The van der Waals surface area contributed by atoms with E-state index in [4.69, 9.17) is 13.9 Å². The Bertz CT molecular complexity index is 923. The minimum atomic E-state index is -0.733. The third-order valence-corrected chi connectivity index (χ3v) is 4.78. The van der Waals surface area contributed by atoms with Crippen LogP contribution in [0.4, 0.5) is 0 Å². The molecule has 7 nitrogen and oxygen atoms in total. The summed E-state index contributed by atoms with van der Waals surface area (Å²) in [5.41, 5.74) is 0.888. The topological polar surface area (TPSA) is 86.0 Å². The van der Waals surface area contributed by atoms with Crippen molar-refractivity contribution in [2.75, 3.05) is 32.9 Å². The third-order valence-electron chi connectivity index (χ3n) is 4.78. The number of hydrogen-bond donors (Lipinski definition) is 0. The highest BCUT2D eigenvalue weighted by molar-refractivity contribution is 6.53. The first-order chi connectivity index (χ1) is 13.1. The molecule has 140 valence electrons. The maximum absolute atomic E-state index is 12.8. The summed E-state index contributed by atoms with van der Waals surface area (Å²) in [7, 11) is 0. The van der Waals surface area contributed by atoms with Crippen molar-refractivity contribution in [3.63, 3.8) is 0 Å². The highest BCUT2D eigenvalue weighted by Crippen LogP contribution is 2.39. The molecule has 0 spiro atoms. The van der Waals surface area contributed by atoms with E-state index in [-0.39, 0.29) is 29.1 Å². The normalized spacial score (nSPS) is 16.8. The molecule has 1 aromatic heterocycles. The minimum absolute atomic E-state index is 0.0143. The second-order valence-corrected chi connectivity index (χ2v) is 6.42. The Kier molecular flexibility index (Phi) is 4.63. The number of ether oxygens (including phenoxy) is 2. The second-order valence-electron chi connectivity index (χ2n) is 6.42. The van der Waals surface area contributed by atoms with E-state index in [1.54, 1.807) is 31.2 Å². The summed E-state index contributed by atoms with van der Waals surface area (Å²) in [6.45, 7) is 4.76. The molecule has 2 heterocycles. The van der Waals surface area contributed by atoms with Gasteiger partial charge in [-0.05, 0) is 6.92 Å². The molecule has 2 aromatic rings. The van der Waals surface area contributed by atoms with Crippen molar-refractivity contribution in [1.29, 1.82) is 0 Å². The lowest BCUT2D eigenvalue weighted by atomic mass is 9.86. The summed E-state index contributed by atoms with van der Waals surface area (Å²) in [6.07, 6.45) is 0. The van der Waals surface area contributed by atoms with Crippen LogP contribution in [0.5, 0.6) is 0 Å². The van der Waals surface area contributed by atoms with Gasteiger partial charge < -0.3 is 13.9 Å². The molecule has 1 fully saturated rings. The number of furan rings is 1. The van der Waals surface area contributed by atoms with Gasteiger partial charge in [0.2, 0.25) is 11.6 Å². The molecule has 0 bridgehead atoms. The third kappa shape index (κ3) is 2.98. The molecule has 27 heavy (non-hydrogen) atoms. The van der Waals surface area contributed by atoms with Crippen LogP contribution in [0, 0.1) is 0 Å². The van der Waals surface area contributed by atoms with E-state index in [0.29, 0.717) is 44.2 Å². The molecule has 0 radical (unpaired) electrons. The van der Waals surface area contributed by atoms with Crippen LogP contribution < -0.4 is 0 Å². The fraction of sp³-hybridized carbons (Fsp3) is 0.350. The van der Waals surface area contributed by atoms with Gasteiger partial charge in [-0.2, -0.15) is 0 Å². The van der Waals surface area contributed by atoms with E-state index in [0.717, 1.165) is 0 Å². The van der Waals surface area contributed by atoms with Crippen LogP contribution in [-0.2, 0) is 16.0 Å². The van der Waals surface area contributed by atoms with Gasteiger partial charge in [-0.1, -0.05) is 24.3 Å². The zero-order valence-corrected chi connectivity index (χ0v) is 14.9. The van der Waals surface area contributed by atoms with Crippen molar-refractivity contribution < 1.29 is 28.3 Å². The van der Waals surface area contributed by atoms with Crippen molar-refractivity contribution in [1.82, 2.24) is 4.90 Å². The number of Topliss-reactive ketones (excluding diaryl/α,β-unsaturated/α-hetero) is 2. The minimum Gasteiger partial charge on any atom is -0.462 e. The molecule has 1 saturated heterocycles. The average molecular weight is 369 g/mol. The van der Waals surface area contributed by atoms with E-state index in [9.17, 15) is 14.4 Å². The highest BCUT2D eigenvalue weighted by atomic mass is 16.5. The second kappa shape index (κ2) is 7.09. The first-order valence-corrected chi connectivity index (χ1v) is 8.93. The number of carbonyl (C=O) groups excluding carboxylic acids is 3. The van der Waals surface area contributed by atoms with Crippen LogP contribution in [0.1, 0.15) is 43.8 Å². The van der Waals surface area contributed by atoms with Gasteiger partial charge >= 0.3 is 5.97 Å². The molecule has 2 aliphatic rings. The number of ketones is 2. The van der Waals surface area contributed by atoms with Crippen LogP contribution in [0.15, 0.2) is 28.7 Å². The maximum atomic E-state index is 12.8. The van der Waals surface area contributed by atoms with Gasteiger partial charge in [0.25, 0.3) is 0 Å². The monoisotopic (exact) mass is 369 g/mol. The highest BCUT2D eigenvalue weighted by Gasteiger charge is 2.40. The molecule has 0 unspecified atom stereocenters. The van der Waals surface area contributed by atoms with Crippen LogP contribution in [0.3, 0.4) is 0 Å². The number of benzene rings is 1. The average Bonchev–Trinajstić information content (AvgIpc) is 3.06. The van der Waals surface area contributed by atoms with Gasteiger partial charge in [-0.15, -0.1) is 0 Å². The van der Waals surface area contributed by atoms with Crippen LogP contribution in [-0.4, -0.2) is 55.3 Å². The van der Waals surface area contributed by atoms with Crippen molar-refractivity contribution in [2.45, 2.75) is 13.5 Å². The van der Waals surface area contributed by atoms with E-state index in [2.05, 4.69) is 4.90 Å². The van der Waals surface area contributed by atoms with Crippen LogP contribution >= 0.6 is 0 Å². The quantitative estimate of drug-likeness (QED) is 0.604. The van der Waals surface area contributed by atoms with Gasteiger partial charge in [-0.25, -0.2) is 4.79 Å². The molecule has 0 saturated carbocycles. The molecule has 0 N–H and O–H groups in total. The predicted octanol–water partition coefficient (Wildman–Crippen LogP) is 2.33. The lowest BCUT2D eigenvalue weighted by Gasteiger charge is -2.25. The van der Waals surface area contributed by atoms with Crippen LogP contribution in [0.2, 0.25) is 0 Å². The summed E-state index contributed by atoms with van der Waals surface area (Å²) in [5, 5.41) is 0. The molecule has 1 aromatic carbocycles. The Balaban J connectivity index is 1.86. The number of carbonyl (C=O) groups is 3. The standard InChI is InChI=1S/C20H19NO6/c1-2-26-20(24)15-14(11-21-7-9-25-10-8-21)27-19-13-6-4-3-5-12(13)17(22)18(23)16(15)19/h3-6H,2,7-11H2,1H3. The summed E-state index contributed by atoms with van der Waals surface area (Å²) >= 11 is 0. The maximum Gasteiger partial charge on any atom is 0.342 e. The SMILES string of the molecule is CCOC(=O)c1c(CN2CCOCC2)oc2c1C(=O)C(=O)c1ccccc1-2. The first kappa shape index (κ1) is 17.6. The molecule has 0 atom stereocenters. The van der Waals surface area contributed by atoms with Gasteiger partial charge in [0, 0.05) is 24.2 Å². The molecule has 1 aliphatic carbocycles. The lowest BCUT2D eigenvalue weighted by molar-refractivity contribution is 0.0307. The summed E-state index contributed by atoms with van der Waals surface area (Å²) in [5.74, 6) is -1.41. The molecule has 0 amide bonds. The number of fused-ring (bicyclic) bond motifs is 3. The largest absolute Gasteiger partial charge is 0.462 e.